The van der Waals surface area contributed by atoms with Gasteiger partial charge in [-0.3, -0.25) is 4.79 Å². The number of carbonyl (C=O) groups is 1. The van der Waals surface area contributed by atoms with Gasteiger partial charge in [-0.15, -0.1) is 0 Å². The molecule has 0 amide bonds. The summed E-state index contributed by atoms with van der Waals surface area (Å²) in [4.78, 5) is 15.5. The van der Waals surface area contributed by atoms with Crippen LogP contribution in [0.15, 0.2) is 28.8 Å². The summed E-state index contributed by atoms with van der Waals surface area (Å²) in [6.07, 6.45) is 2.29. The van der Waals surface area contributed by atoms with Crippen LogP contribution in [0, 0.1) is 5.92 Å². The second kappa shape index (κ2) is 5.25. The SMILES string of the molecule is O=C(O)C1CCCC1c1nc(-c2ccccc2Cl)no1. The Morgan fingerprint density at radius 3 is 2.90 bits per heavy atom. The molecule has 0 radical (unpaired) electrons. The van der Waals surface area contributed by atoms with Gasteiger partial charge in [0.2, 0.25) is 11.7 Å². The topological polar surface area (TPSA) is 76.2 Å². The molecule has 0 aliphatic heterocycles. The first-order valence-electron chi connectivity index (χ1n) is 6.48. The highest BCUT2D eigenvalue weighted by Crippen LogP contribution is 2.39. The number of rotatable bonds is 3. The molecule has 104 valence electrons. The molecule has 2 unspecified atom stereocenters. The number of aliphatic carboxylic acids is 1. The van der Waals surface area contributed by atoms with E-state index < -0.39 is 11.9 Å². The molecular weight excluding hydrogens is 280 g/mol. The van der Waals surface area contributed by atoms with Gasteiger partial charge < -0.3 is 9.63 Å². The van der Waals surface area contributed by atoms with Crippen molar-refractivity contribution < 1.29 is 14.4 Å². The lowest BCUT2D eigenvalue weighted by molar-refractivity contribution is -0.142. The molecule has 1 aliphatic rings. The van der Waals surface area contributed by atoms with Crippen LogP contribution in [-0.4, -0.2) is 21.2 Å². The van der Waals surface area contributed by atoms with Gasteiger partial charge >= 0.3 is 5.97 Å². The summed E-state index contributed by atoms with van der Waals surface area (Å²) >= 11 is 6.09. The fourth-order valence-electron chi connectivity index (χ4n) is 2.69. The number of carboxylic acid groups (broad SMARTS) is 1. The minimum absolute atomic E-state index is 0.198. The largest absolute Gasteiger partial charge is 0.481 e. The maximum Gasteiger partial charge on any atom is 0.307 e. The predicted octanol–water partition coefficient (Wildman–Crippen LogP) is 3.36. The standard InChI is InChI=1S/C14H13ClN2O3/c15-11-7-2-1-4-10(11)12-16-13(20-17-12)8-5-3-6-9(8)14(18)19/h1-2,4,7-9H,3,5-6H2,(H,18,19). The molecule has 1 saturated carbocycles. The van der Waals surface area contributed by atoms with Crippen LogP contribution in [0.4, 0.5) is 0 Å². The Kier molecular flexibility index (Phi) is 3.44. The molecule has 3 rings (SSSR count). The van der Waals surface area contributed by atoms with E-state index in [2.05, 4.69) is 10.1 Å². The van der Waals surface area contributed by atoms with Crippen molar-refractivity contribution in [2.75, 3.05) is 0 Å². The van der Waals surface area contributed by atoms with E-state index >= 15 is 0 Å². The van der Waals surface area contributed by atoms with E-state index in [0.29, 0.717) is 28.7 Å². The summed E-state index contributed by atoms with van der Waals surface area (Å²) < 4.78 is 5.26. The zero-order valence-electron chi connectivity index (χ0n) is 10.6. The Bertz CT molecular complexity index is 641. The molecule has 0 saturated heterocycles. The van der Waals surface area contributed by atoms with Gasteiger partial charge in [0.1, 0.15) is 0 Å². The Hall–Kier alpha value is -1.88. The van der Waals surface area contributed by atoms with Crippen molar-refractivity contribution in [2.45, 2.75) is 25.2 Å². The van der Waals surface area contributed by atoms with Crippen LogP contribution in [0.5, 0.6) is 0 Å². The molecule has 1 N–H and O–H groups in total. The normalized spacial score (nSPS) is 22.1. The summed E-state index contributed by atoms with van der Waals surface area (Å²) in [5, 5.41) is 13.7. The lowest BCUT2D eigenvalue weighted by atomic mass is 9.96. The molecule has 1 fully saturated rings. The van der Waals surface area contributed by atoms with Gasteiger partial charge in [-0.05, 0) is 25.0 Å². The molecule has 1 heterocycles. The quantitative estimate of drug-likeness (QED) is 0.938. The molecule has 2 atom stereocenters. The monoisotopic (exact) mass is 292 g/mol. The van der Waals surface area contributed by atoms with Crippen molar-refractivity contribution in [3.8, 4) is 11.4 Å². The maximum absolute atomic E-state index is 11.2. The van der Waals surface area contributed by atoms with Crippen molar-refractivity contribution in [3.63, 3.8) is 0 Å². The van der Waals surface area contributed by atoms with Gasteiger partial charge in [0.15, 0.2) is 0 Å². The molecule has 2 aromatic rings. The van der Waals surface area contributed by atoms with Gasteiger partial charge in [0.05, 0.1) is 16.9 Å². The summed E-state index contributed by atoms with van der Waals surface area (Å²) in [5.74, 6) is -0.637. The Morgan fingerprint density at radius 1 is 1.35 bits per heavy atom. The molecule has 0 spiro atoms. The van der Waals surface area contributed by atoms with E-state index in [0.717, 1.165) is 12.8 Å². The van der Waals surface area contributed by atoms with Crippen molar-refractivity contribution in [2.24, 2.45) is 5.92 Å². The smallest absolute Gasteiger partial charge is 0.307 e. The van der Waals surface area contributed by atoms with Gasteiger partial charge in [-0.1, -0.05) is 35.3 Å². The highest BCUT2D eigenvalue weighted by molar-refractivity contribution is 6.33. The van der Waals surface area contributed by atoms with Crippen molar-refractivity contribution in [1.82, 2.24) is 10.1 Å². The first kappa shape index (κ1) is 13.1. The molecule has 0 bridgehead atoms. The zero-order chi connectivity index (χ0) is 14.1. The number of benzene rings is 1. The molecule has 1 aliphatic carbocycles. The number of halogens is 1. The number of hydrogen-bond acceptors (Lipinski definition) is 4. The second-order valence-corrected chi connectivity index (χ2v) is 5.33. The van der Waals surface area contributed by atoms with E-state index in [9.17, 15) is 9.90 Å². The molecule has 6 heteroatoms. The lowest BCUT2D eigenvalue weighted by Gasteiger charge is -2.10. The van der Waals surface area contributed by atoms with Gasteiger partial charge in [0, 0.05) is 5.56 Å². The van der Waals surface area contributed by atoms with Crippen LogP contribution in [0.3, 0.4) is 0 Å². The van der Waals surface area contributed by atoms with E-state index in [-0.39, 0.29) is 5.92 Å². The van der Waals surface area contributed by atoms with E-state index in [1.165, 1.54) is 0 Å². The fourth-order valence-corrected chi connectivity index (χ4v) is 2.91. The highest BCUT2D eigenvalue weighted by atomic mass is 35.5. The molecule has 1 aromatic heterocycles. The van der Waals surface area contributed by atoms with Crippen LogP contribution in [0.1, 0.15) is 31.1 Å². The van der Waals surface area contributed by atoms with Crippen LogP contribution in [0.25, 0.3) is 11.4 Å². The van der Waals surface area contributed by atoms with Crippen LogP contribution >= 0.6 is 11.6 Å². The summed E-state index contributed by atoms with van der Waals surface area (Å²) in [5.41, 5.74) is 0.689. The minimum atomic E-state index is -0.801. The maximum atomic E-state index is 11.2. The number of aromatic nitrogens is 2. The zero-order valence-corrected chi connectivity index (χ0v) is 11.4. The first-order chi connectivity index (χ1) is 9.66. The fraction of sp³-hybridized carbons (Fsp3) is 0.357. The second-order valence-electron chi connectivity index (χ2n) is 4.92. The van der Waals surface area contributed by atoms with Crippen molar-refractivity contribution >= 4 is 17.6 Å². The van der Waals surface area contributed by atoms with Crippen molar-refractivity contribution in [1.29, 1.82) is 0 Å². The number of hydrogen-bond donors (Lipinski definition) is 1. The summed E-state index contributed by atoms with van der Waals surface area (Å²) in [7, 11) is 0. The average molecular weight is 293 g/mol. The van der Waals surface area contributed by atoms with E-state index in [1.54, 1.807) is 12.1 Å². The number of nitrogens with zero attached hydrogens (tertiary/aromatic N) is 2. The third kappa shape index (κ3) is 2.29. The Labute approximate surface area is 120 Å². The van der Waals surface area contributed by atoms with Crippen molar-refractivity contribution in [3.05, 3.63) is 35.2 Å². The molecule has 20 heavy (non-hydrogen) atoms. The number of carboxylic acids is 1. The van der Waals surface area contributed by atoms with Gasteiger partial charge in [0.25, 0.3) is 0 Å². The average Bonchev–Trinajstić information content (AvgIpc) is 3.07. The van der Waals surface area contributed by atoms with E-state index in [4.69, 9.17) is 16.1 Å². The molecule has 1 aromatic carbocycles. The third-order valence-corrected chi connectivity index (χ3v) is 4.04. The van der Waals surface area contributed by atoms with Gasteiger partial charge in [-0.25, -0.2) is 0 Å². The Morgan fingerprint density at radius 2 is 2.15 bits per heavy atom. The Balaban J connectivity index is 1.91. The third-order valence-electron chi connectivity index (χ3n) is 3.71. The molecular formula is C14H13ClN2O3. The summed E-state index contributed by atoms with van der Waals surface area (Å²) in [6, 6.07) is 7.22. The van der Waals surface area contributed by atoms with Crippen LogP contribution in [-0.2, 0) is 4.79 Å². The van der Waals surface area contributed by atoms with E-state index in [1.807, 2.05) is 12.1 Å². The van der Waals surface area contributed by atoms with Gasteiger partial charge in [-0.2, -0.15) is 4.98 Å². The van der Waals surface area contributed by atoms with Crippen LogP contribution < -0.4 is 0 Å². The summed E-state index contributed by atoms with van der Waals surface area (Å²) in [6.45, 7) is 0. The highest BCUT2D eigenvalue weighted by Gasteiger charge is 2.37. The lowest BCUT2D eigenvalue weighted by Crippen LogP contribution is -2.17. The first-order valence-corrected chi connectivity index (χ1v) is 6.86. The van der Waals surface area contributed by atoms with Crippen LogP contribution in [0.2, 0.25) is 5.02 Å². The predicted molar refractivity (Wildman–Crippen MR) is 72.5 cm³/mol. The molecule has 5 nitrogen and oxygen atoms in total. The minimum Gasteiger partial charge on any atom is -0.481 e.